The van der Waals surface area contributed by atoms with Crippen molar-refractivity contribution in [2.24, 2.45) is 0 Å². The van der Waals surface area contributed by atoms with E-state index >= 15 is 0 Å². The Bertz CT molecular complexity index is 1130. The monoisotopic (exact) mass is 374 g/mol. The number of H-pyrrole nitrogens is 1. The Kier molecular flexibility index (Phi) is 4.66. The fraction of sp³-hybridized carbons (Fsp3) is 0.0455. The van der Waals surface area contributed by atoms with Gasteiger partial charge in [-0.2, -0.15) is 5.10 Å². The molecule has 5 heteroatoms. The third-order valence-electron chi connectivity index (χ3n) is 4.30. The van der Waals surface area contributed by atoms with Gasteiger partial charge in [-0.1, -0.05) is 54.6 Å². The van der Waals surface area contributed by atoms with Crippen molar-refractivity contribution in [1.29, 1.82) is 0 Å². The van der Waals surface area contributed by atoms with Gasteiger partial charge in [-0.3, -0.25) is 9.66 Å². The van der Waals surface area contributed by atoms with Crippen LogP contribution < -0.4 is 9.83 Å². The van der Waals surface area contributed by atoms with Crippen LogP contribution in [0.2, 0.25) is 0 Å². The van der Waals surface area contributed by atoms with Gasteiger partial charge in [-0.05, 0) is 42.0 Å². The van der Waals surface area contributed by atoms with E-state index in [4.69, 9.17) is 4.52 Å². The maximum atomic E-state index is 13.0. The molecular formula is C22H19N2O2P. The highest BCUT2D eigenvalue weighted by atomic mass is 31.2. The molecule has 1 heterocycles. The predicted octanol–water partition coefficient (Wildman–Crippen LogP) is 5.35. The van der Waals surface area contributed by atoms with Gasteiger partial charge >= 0.3 is 0 Å². The Labute approximate surface area is 158 Å². The van der Waals surface area contributed by atoms with E-state index in [0.717, 1.165) is 22.2 Å². The lowest BCUT2D eigenvalue weighted by molar-refractivity contribution is 0.499. The molecule has 0 saturated carbocycles. The highest BCUT2D eigenvalue weighted by Crippen LogP contribution is 2.42. The van der Waals surface area contributed by atoms with Gasteiger partial charge in [0, 0.05) is 17.4 Å². The Balaban J connectivity index is 1.64. The molecule has 0 aliphatic heterocycles. The number of hydrogen-bond donors (Lipinski definition) is 1. The van der Waals surface area contributed by atoms with E-state index in [1.165, 1.54) is 0 Å². The maximum Gasteiger partial charge on any atom is 0.274 e. The molecule has 1 unspecified atom stereocenters. The number of fused-ring (bicyclic) bond motifs is 1. The van der Waals surface area contributed by atoms with Crippen LogP contribution in [0, 0.1) is 0 Å². The van der Waals surface area contributed by atoms with Crippen LogP contribution in [0.1, 0.15) is 11.3 Å². The molecule has 0 amide bonds. The van der Waals surface area contributed by atoms with Crippen LogP contribution in [-0.2, 0) is 4.57 Å². The average molecular weight is 374 g/mol. The first-order valence-electron chi connectivity index (χ1n) is 8.66. The standard InChI is InChI=1S/C22H19N2O2P/c1-27(25,19-10-6-3-7-11-19)26-18-13-15-22-20(16-18)21(23-24-22)14-12-17-8-4-2-5-9-17/h2-16H,1H3,(H,23,24). The Morgan fingerprint density at radius 2 is 1.63 bits per heavy atom. The van der Waals surface area contributed by atoms with E-state index in [1.807, 2.05) is 91.0 Å². The van der Waals surface area contributed by atoms with Crippen molar-refractivity contribution < 1.29 is 9.09 Å². The van der Waals surface area contributed by atoms with E-state index in [2.05, 4.69) is 10.2 Å². The molecule has 0 aliphatic carbocycles. The van der Waals surface area contributed by atoms with Crippen molar-refractivity contribution in [1.82, 2.24) is 10.2 Å². The van der Waals surface area contributed by atoms with Crippen LogP contribution in [-0.4, -0.2) is 16.9 Å². The number of nitrogens with one attached hydrogen (secondary N) is 1. The second kappa shape index (κ2) is 7.26. The lowest BCUT2D eigenvalue weighted by atomic mass is 10.1. The van der Waals surface area contributed by atoms with E-state index in [-0.39, 0.29) is 0 Å². The average Bonchev–Trinajstić information content (AvgIpc) is 3.10. The summed E-state index contributed by atoms with van der Waals surface area (Å²) in [6.07, 6.45) is 3.97. The molecule has 27 heavy (non-hydrogen) atoms. The summed E-state index contributed by atoms with van der Waals surface area (Å²) >= 11 is 0. The van der Waals surface area contributed by atoms with Gasteiger partial charge in [-0.15, -0.1) is 0 Å². The second-order valence-electron chi connectivity index (χ2n) is 6.33. The van der Waals surface area contributed by atoms with E-state index < -0.39 is 7.37 Å². The number of benzene rings is 3. The van der Waals surface area contributed by atoms with Crippen molar-refractivity contribution in [3.63, 3.8) is 0 Å². The second-order valence-corrected chi connectivity index (χ2v) is 8.72. The molecule has 1 atom stereocenters. The fourth-order valence-corrected chi connectivity index (χ4v) is 4.22. The summed E-state index contributed by atoms with van der Waals surface area (Å²) in [6.45, 7) is 1.64. The third-order valence-corrected chi connectivity index (χ3v) is 6.10. The van der Waals surface area contributed by atoms with Gasteiger partial charge in [0.2, 0.25) is 0 Å². The molecule has 1 aromatic heterocycles. The highest BCUT2D eigenvalue weighted by Gasteiger charge is 2.20. The summed E-state index contributed by atoms with van der Waals surface area (Å²) in [4.78, 5) is 0. The van der Waals surface area contributed by atoms with Gasteiger partial charge in [0.05, 0.1) is 11.2 Å². The van der Waals surface area contributed by atoms with Crippen molar-refractivity contribution in [3.05, 3.63) is 90.1 Å². The normalized spacial score (nSPS) is 13.7. The molecule has 4 rings (SSSR count). The minimum absolute atomic E-state index is 0.563. The fourth-order valence-electron chi connectivity index (χ4n) is 2.89. The Hall–Kier alpha value is -3.10. The predicted molar refractivity (Wildman–Crippen MR) is 112 cm³/mol. The lowest BCUT2D eigenvalue weighted by Gasteiger charge is -2.15. The summed E-state index contributed by atoms with van der Waals surface area (Å²) in [5.41, 5.74) is 2.81. The minimum Gasteiger partial charge on any atom is -0.440 e. The van der Waals surface area contributed by atoms with Crippen molar-refractivity contribution in [2.45, 2.75) is 0 Å². The van der Waals surface area contributed by atoms with Crippen LogP contribution in [0.3, 0.4) is 0 Å². The number of aromatic nitrogens is 2. The Morgan fingerprint density at radius 3 is 2.37 bits per heavy atom. The zero-order chi connectivity index (χ0) is 18.7. The van der Waals surface area contributed by atoms with Crippen LogP contribution >= 0.6 is 7.37 Å². The molecule has 0 spiro atoms. The van der Waals surface area contributed by atoms with Gasteiger partial charge in [0.1, 0.15) is 5.75 Å². The van der Waals surface area contributed by atoms with Crippen molar-refractivity contribution in [2.75, 3.05) is 6.66 Å². The molecule has 0 fully saturated rings. The smallest absolute Gasteiger partial charge is 0.274 e. The number of rotatable bonds is 5. The molecule has 0 radical (unpaired) electrons. The zero-order valence-electron chi connectivity index (χ0n) is 14.9. The Morgan fingerprint density at radius 1 is 0.926 bits per heavy atom. The third kappa shape index (κ3) is 3.86. The number of aromatic amines is 1. The maximum absolute atomic E-state index is 13.0. The van der Waals surface area contributed by atoms with Crippen molar-refractivity contribution >= 4 is 35.7 Å². The molecule has 4 aromatic rings. The van der Waals surface area contributed by atoms with Crippen LogP contribution in [0.5, 0.6) is 5.75 Å². The van der Waals surface area contributed by atoms with Gasteiger partial charge in [0.25, 0.3) is 7.37 Å². The molecule has 0 aliphatic rings. The summed E-state index contributed by atoms with van der Waals surface area (Å²) < 4.78 is 18.9. The molecule has 1 N–H and O–H groups in total. The first-order valence-corrected chi connectivity index (χ1v) is 10.7. The van der Waals surface area contributed by atoms with E-state index in [1.54, 1.807) is 6.66 Å². The topological polar surface area (TPSA) is 55.0 Å². The molecule has 0 bridgehead atoms. The summed E-state index contributed by atoms with van der Waals surface area (Å²) in [7, 11) is -2.95. The highest BCUT2D eigenvalue weighted by molar-refractivity contribution is 7.66. The minimum atomic E-state index is -2.95. The summed E-state index contributed by atoms with van der Waals surface area (Å²) in [5.74, 6) is 0.563. The molecule has 134 valence electrons. The molecular weight excluding hydrogens is 355 g/mol. The van der Waals surface area contributed by atoms with Crippen LogP contribution in [0.25, 0.3) is 23.1 Å². The largest absolute Gasteiger partial charge is 0.440 e. The van der Waals surface area contributed by atoms with Crippen LogP contribution in [0.15, 0.2) is 78.9 Å². The summed E-state index contributed by atoms with van der Waals surface area (Å²) in [5, 5.41) is 9.01. The SMILES string of the molecule is CP(=O)(Oc1ccc2[nH]nc(C=Cc3ccccc3)c2c1)c1ccccc1. The van der Waals surface area contributed by atoms with E-state index in [0.29, 0.717) is 11.1 Å². The van der Waals surface area contributed by atoms with Gasteiger partial charge in [0.15, 0.2) is 0 Å². The molecule has 3 aromatic carbocycles. The molecule has 0 saturated heterocycles. The zero-order valence-corrected chi connectivity index (χ0v) is 15.8. The summed E-state index contributed by atoms with van der Waals surface area (Å²) in [6, 6.07) is 24.9. The van der Waals surface area contributed by atoms with Crippen molar-refractivity contribution in [3.8, 4) is 5.75 Å². The van der Waals surface area contributed by atoms with Crippen LogP contribution in [0.4, 0.5) is 0 Å². The lowest BCUT2D eigenvalue weighted by Crippen LogP contribution is -2.07. The van der Waals surface area contributed by atoms with Gasteiger partial charge in [-0.25, -0.2) is 0 Å². The first-order chi connectivity index (χ1) is 13.1. The number of hydrogen-bond acceptors (Lipinski definition) is 3. The quantitative estimate of drug-likeness (QED) is 0.479. The van der Waals surface area contributed by atoms with Gasteiger partial charge < -0.3 is 4.52 Å². The number of nitrogens with zero attached hydrogens (tertiary/aromatic N) is 1. The molecule has 4 nitrogen and oxygen atoms in total. The first kappa shape index (κ1) is 17.3. The van der Waals surface area contributed by atoms with E-state index in [9.17, 15) is 4.57 Å².